The van der Waals surface area contributed by atoms with Gasteiger partial charge in [0.2, 0.25) is 17.7 Å². The third-order valence-electron chi connectivity index (χ3n) is 8.88. The zero-order valence-electron chi connectivity index (χ0n) is 23.3. The van der Waals surface area contributed by atoms with Gasteiger partial charge in [-0.1, -0.05) is 0 Å². The fourth-order valence-corrected chi connectivity index (χ4v) is 7.25. The summed E-state index contributed by atoms with van der Waals surface area (Å²) in [7, 11) is 1.99. The van der Waals surface area contributed by atoms with E-state index in [1.807, 2.05) is 36.0 Å². The Morgan fingerprint density at radius 1 is 1.02 bits per heavy atom. The van der Waals surface area contributed by atoms with Gasteiger partial charge in [-0.15, -0.1) is 10.2 Å². The van der Waals surface area contributed by atoms with Gasteiger partial charge < -0.3 is 23.8 Å². The Labute approximate surface area is 239 Å². The van der Waals surface area contributed by atoms with E-state index < -0.39 is 5.41 Å². The van der Waals surface area contributed by atoms with Gasteiger partial charge in [0, 0.05) is 62.5 Å². The minimum Gasteiger partial charge on any atom is -0.416 e. The van der Waals surface area contributed by atoms with Crippen LogP contribution in [-0.4, -0.2) is 71.0 Å². The highest BCUT2D eigenvalue weighted by atomic mass is 32.2. The van der Waals surface area contributed by atoms with E-state index in [-0.39, 0.29) is 5.91 Å². The van der Waals surface area contributed by atoms with Crippen LogP contribution in [0.25, 0.3) is 22.9 Å². The molecule has 3 fully saturated rings. The van der Waals surface area contributed by atoms with Gasteiger partial charge in [0.25, 0.3) is 0 Å². The van der Waals surface area contributed by atoms with E-state index in [1.165, 1.54) is 12.8 Å². The molecular formula is C30H37N7O2S. The molecule has 9 nitrogen and oxygen atoms in total. The Morgan fingerprint density at radius 3 is 2.67 bits per heavy atom. The number of nitrogens with zero attached hydrogens (tertiary/aromatic N) is 6. The fraction of sp³-hybridized carbons (Fsp3) is 0.533. The van der Waals surface area contributed by atoms with Crippen LogP contribution in [-0.2, 0) is 4.79 Å². The number of hydrogen-bond acceptors (Lipinski definition) is 9. The topological polar surface area (TPSA) is 90.6 Å². The smallest absolute Gasteiger partial charge is 0.250 e. The van der Waals surface area contributed by atoms with Gasteiger partial charge in [-0.25, -0.2) is 4.98 Å². The molecule has 40 heavy (non-hydrogen) atoms. The van der Waals surface area contributed by atoms with Crippen molar-refractivity contribution in [3.8, 4) is 22.9 Å². The van der Waals surface area contributed by atoms with Gasteiger partial charge in [-0.2, -0.15) is 0 Å². The van der Waals surface area contributed by atoms with Crippen LogP contribution in [0.15, 0.2) is 40.9 Å². The number of rotatable bonds is 3. The molecule has 6 heterocycles. The predicted octanol–water partition coefficient (Wildman–Crippen LogP) is 5.32. The number of carbonyl (C=O) groups is 1. The van der Waals surface area contributed by atoms with Crippen molar-refractivity contribution in [3.05, 3.63) is 36.5 Å². The fourth-order valence-electron chi connectivity index (χ4n) is 6.44. The highest BCUT2D eigenvalue weighted by Gasteiger charge is 2.40. The molecule has 10 heteroatoms. The molecule has 0 radical (unpaired) electrons. The summed E-state index contributed by atoms with van der Waals surface area (Å²) in [6.07, 6.45) is 8.29. The molecule has 5 aliphatic rings. The third-order valence-corrected chi connectivity index (χ3v) is 10.0. The van der Waals surface area contributed by atoms with Crippen LogP contribution in [0, 0.1) is 11.3 Å². The SMILES string of the molecule is CN1CC2CCN(CC2)c2cc(NSC3CC3)ccc2-c2nnc(o2)-c2ccnc(c2)N2CCCC(C)(C2)C1=O. The summed E-state index contributed by atoms with van der Waals surface area (Å²) in [5, 5.41) is 9.67. The molecule has 1 saturated carbocycles. The van der Waals surface area contributed by atoms with E-state index in [2.05, 4.69) is 54.8 Å². The van der Waals surface area contributed by atoms with Crippen LogP contribution in [0.3, 0.4) is 0 Å². The van der Waals surface area contributed by atoms with E-state index in [0.717, 1.165) is 80.2 Å². The number of anilines is 3. The standard InChI is InChI=1S/C30H37N7O2S/c1-30-11-3-13-37(19-30)26-16-21(8-12-31-26)27-32-33-28(39-27)24-7-4-22(34-40-23-5-6-23)17-25(24)36-14-9-20(10-15-36)18-35(2)29(30)38/h4,7-8,12,16-17,20,23,34H,3,5-6,9-11,13-15,18-19H2,1-2H3. The minimum atomic E-state index is -0.435. The molecule has 1 N–H and O–H groups in total. The average Bonchev–Trinajstić information content (AvgIpc) is 3.69. The molecule has 2 aromatic heterocycles. The summed E-state index contributed by atoms with van der Waals surface area (Å²) in [6, 6.07) is 10.4. The van der Waals surface area contributed by atoms with Crippen LogP contribution in [0.2, 0.25) is 0 Å². The van der Waals surface area contributed by atoms with Gasteiger partial charge in [0.05, 0.1) is 16.7 Å². The molecule has 8 bridgehead atoms. The first kappa shape index (κ1) is 25.7. The molecule has 8 rings (SSSR count). The highest BCUT2D eigenvalue weighted by Crippen LogP contribution is 2.40. The number of hydrogen-bond donors (Lipinski definition) is 1. The number of nitrogens with one attached hydrogen (secondary N) is 1. The first-order chi connectivity index (χ1) is 19.4. The molecule has 210 valence electrons. The van der Waals surface area contributed by atoms with Crippen molar-refractivity contribution in [2.45, 2.75) is 50.7 Å². The maximum absolute atomic E-state index is 13.8. The summed E-state index contributed by atoms with van der Waals surface area (Å²) in [5.74, 6) is 2.58. The van der Waals surface area contributed by atoms with Crippen molar-refractivity contribution in [1.29, 1.82) is 0 Å². The molecular weight excluding hydrogens is 522 g/mol. The second-order valence-electron chi connectivity index (χ2n) is 12.2. The number of amides is 1. The lowest BCUT2D eigenvalue weighted by atomic mass is 9.80. The molecule has 2 saturated heterocycles. The summed E-state index contributed by atoms with van der Waals surface area (Å²) in [6.45, 7) is 6.31. The van der Waals surface area contributed by atoms with Gasteiger partial charge >= 0.3 is 0 Å². The monoisotopic (exact) mass is 559 g/mol. The average molecular weight is 560 g/mol. The van der Waals surface area contributed by atoms with E-state index >= 15 is 0 Å². The van der Waals surface area contributed by atoms with Crippen molar-refractivity contribution < 1.29 is 9.21 Å². The maximum atomic E-state index is 13.8. The largest absolute Gasteiger partial charge is 0.416 e. The van der Waals surface area contributed by atoms with Crippen molar-refractivity contribution >= 4 is 35.0 Å². The molecule has 3 aromatic rings. The lowest BCUT2D eigenvalue weighted by molar-refractivity contribution is -0.141. The first-order valence-electron chi connectivity index (χ1n) is 14.6. The Balaban J connectivity index is 1.27. The highest BCUT2D eigenvalue weighted by molar-refractivity contribution is 8.01. The third kappa shape index (κ3) is 5.02. The Kier molecular flexibility index (Phi) is 6.60. The molecule has 1 atom stereocenters. The van der Waals surface area contributed by atoms with Gasteiger partial charge in [-0.05, 0) is 93.6 Å². The van der Waals surface area contributed by atoms with Crippen molar-refractivity contribution in [1.82, 2.24) is 20.1 Å². The van der Waals surface area contributed by atoms with Crippen LogP contribution in [0.4, 0.5) is 17.2 Å². The number of benzene rings is 1. The Hall–Kier alpha value is -3.27. The molecule has 4 aliphatic heterocycles. The van der Waals surface area contributed by atoms with Gasteiger partial charge in [0.15, 0.2) is 0 Å². The van der Waals surface area contributed by atoms with Crippen molar-refractivity contribution in [3.63, 3.8) is 0 Å². The first-order valence-corrected chi connectivity index (χ1v) is 15.4. The van der Waals surface area contributed by atoms with E-state index in [4.69, 9.17) is 4.42 Å². The summed E-state index contributed by atoms with van der Waals surface area (Å²) in [5.41, 5.74) is 3.56. The van der Waals surface area contributed by atoms with Crippen molar-refractivity contribution in [2.75, 3.05) is 54.3 Å². The summed E-state index contributed by atoms with van der Waals surface area (Å²) in [4.78, 5) is 25.1. The van der Waals surface area contributed by atoms with E-state index in [9.17, 15) is 4.79 Å². The second-order valence-corrected chi connectivity index (χ2v) is 13.3. The lowest BCUT2D eigenvalue weighted by Crippen LogP contribution is -2.52. The minimum absolute atomic E-state index is 0.243. The normalized spacial score (nSPS) is 24.9. The quantitative estimate of drug-likeness (QED) is 0.428. The second kappa shape index (κ2) is 10.3. The molecule has 1 aromatic carbocycles. The predicted molar refractivity (Wildman–Crippen MR) is 159 cm³/mol. The van der Waals surface area contributed by atoms with E-state index in [0.29, 0.717) is 29.5 Å². The zero-order chi connectivity index (χ0) is 27.3. The molecule has 1 aliphatic carbocycles. The number of fused-ring (bicyclic) bond motifs is 4. The van der Waals surface area contributed by atoms with Crippen LogP contribution in [0.1, 0.15) is 45.4 Å². The number of aromatic nitrogens is 3. The maximum Gasteiger partial charge on any atom is 0.250 e. The number of piperidine rings is 2. The Morgan fingerprint density at radius 2 is 1.85 bits per heavy atom. The van der Waals surface area contributed by atoms with Crippen LogP contribution < -0.4 is 14.5 Å². The Bertz CT molecular complexity index is 1400. The number of carbonyl (C=O) groups excluding carboxylic acids is 1. The molecule has 1 amide bonds. The van der Waals surface area contributed by atoms with Gasteiger partial charge in [0.1, 0.15) is 5.82 Å². The summed E-state index contributed by atoms with van der Waals surface area (Å²) < 4.78 is 9.87. The van der Waals surface area contributed by atoms with Crippen LogP contribution >= 0.6 is 11.9 Å². The van der Waals surface area contributed by atoms with Crippen LogP contribution in [0.5, 0.6) is 0 Å². The summed E-state index contributed by atoms with van der Waals surface area (Å²) >= 11 is 1.81. The lowest BCUT2D eigenvalue weighted by Gasteiger charge is -2.43. The molecule has 1 unspecified atom stereocenters. The van der Waals surface area contributed by atoms with E-state index in [1.54, 1.807) is 6.20 Å². The zero-order valence-corrected chi connectivity index (χ0v) is 24.1. The molecule has 0 spiro atoms. The number of pyridine rings is 1. The van der Waals surface area contributed by atoms with Gasteiger partial charge in [-0.3, -0.25) is 4.79 Å². The van der Waals surface area contributed by atoms with Crippen molar-refractivity contribution in [2.24, 2.45) is 11.3 Å².